The number of hydrogen-bond donors (Lipinski definition) is 1. The average Bonchev–Trinajstić information content (AvgIpc) is 3.17. The fourth-order valence-corrected chi connectivity index (χ4v) is 4.49. The third-order valence-corrected chi connectivity index (χ3v) is 6.73. The number of ether oxygens (including phenoxy) is 1. The molecular formula is C22H23FN2O5S. The van der Waals surface area contributed by atoms with E-state index in [-0.39, 0.29) is 16.3 Å². The second kappa shape index (κ2) is 9.32. The summed E-state index contributed by atoms with van der Waals surface area (Å²) in [5.74, 6) is 0.0605. The molecule has 1 N–H and O–H groups in total. The minimum absolute atomic E-state index is 0.0156. The predicted octanol–water partition coefficient (Wildman–Crippen LogP) is 4.80. The van der Waals surface area contributed by atoms with Crippen LogP contribution in [0.4, 0.5) is 10.1 Å². The van der Waals surface area contributed by atoms with Gasteiger partial charge < -0.3 is 14.5 Å². The zero-order valence-corrected chi connectivity index (χ0v) is 18.2. The molecule has 0 aliphatic rings. The Balaban J connectivity index is 2.02. The first-order chi connectivity index (χ1) is 14.8. The summed E-state index contributed by atoms with van der Waals surface area (Å²) in [6, 6.07) is 11.1. The molecule has 1 aromatic heterocycles. The molecule has 3 aromatic rings. The summed E-state index contributed by atoms with van der Waals surface area (Å²) in [7, 11) is -3.76. The Kier molecular flexibility index (Phi) is 6.77. The average molecular weight is 447 g/mol. The highest BCUT2D eigenvalue weighted by molar-refractivity contribution is 7.89. The molecule has 0 aliphatic heterocycles. The molecule has 0 saturated carbocycles. The molecule has 31 heavy (non-hydrogen) atoms. The molecule has 0 unspecified atom stereocenters. The van der Waals surface area contributed by atoms with E-state index in [4.69, 9.17) is 9.15 Å². The van der Waals surface area contributed by atoms with Crippen molar-refractivity contribution in [2.45, 2.75) is 25.7 Å². The van der Waals surface area contributed by atoms with E-state index in [1.165, 1.54) is 59.1 Å². The van der Waals surface area contributed by atoms with Crippen LogP contribution in [0.5, 0.6) is 11.5 Å². The quantitative estimate of drug-likeness (QED) is 0.537. The van der Waals surface area contributed by atoms with Gasteiger partial charge >= 0.3 is 0 Å². The third-order valence-electron chi connectivity index (χ3n) is 4.69. The molecule has 9 heteroatoms. The van der Waals surface area contributed by atoms with Crippen LogP contribution >= 0.6 is 0 Å². The molecule has 3 rings (SSSR count). The zero-order valence-electron chi connectivity index (χ0n) is 17.4. The molecule has 2 aromatic carbocycles. The van der Waals surface area contributed by atoms with Crippen molar-refractivity contribution in [3.8, 4) is 11.5 Å². The molecule has 0 saturated heterocycles. The number of hydrogen-bond acceptors (Lipinski definition) is 5. The van der Waals surface area contributed by atoms with Crippen LogP contribution in [0.25, 0.3) is 0 Å². The van der Waals surface area contributed by atoms with E-state index >= 15 is 0 Å². The zero-order chi connectivity index (χ0) is 22.6. The van der Waals surface area contributed by atoms with Crippen molar-refractivity contribution >= 4 is 21.6 Å². The normalized spacial score (nSPS) is 11.5. The summed E-state index contributed by atoms with van der Waals surface area (Å²) >= 11 is 0. The number of sulfonamides is 1. The van der Waals surface area contributed by atoms with Crippen molar-refractivity contribution in [1.82, 2.24) is 4.31 Å². The van der Waals surface area contributed by atoms with E-state index in [0.717, 1.165) is 0 Å². The molecule has 0 aliphatic carbocycles. The molecule has 164 valence electrons. The molecule has 0 bridgehead atoms. The summed E-state index contributed by atoms with van der Waals surface area (Å²) in [6.07, 6.45) is 1.39. The minimum Gasteiger partial charge on any atom is -0.469 e. The molecule has 0 fully saturated rings. The SMILES string of the molecule is CCN(CC)S(=O)(=O)c1ccc(Oc2ccc(F)cc2)c(NC(=O)c2ccoc2C)c1. The summed E-state index contributed by atoms with van der Waals surface area (Å²) in [5.41, 5.74) is 0.466. The lowest BCUT2D eigenvalue weighted by molar-refractivity contribution is 0.102. The van der Waals surface area contributed by atoms with Crippen molar-refractivity contribution in [3.05, 3.63) is 71.9 Å². The molecule has 7 nitrogen and oxygen atoms in total. The van der Waals surface area contributed by atoms with Gasteiger partial charge in [0.1, 0.15) is 17.3 Å². The van der Waals surface area contributed by atoms with Gasteiger partial charge in [0.15, 0.2) is 5.75 Å². The van der Waals surface area contributed by atoms with E-state index in [9.17, 15) is 17.6 Å². The maximum absolute atomic E-state index is 13.2. The minimum atomic E-state index is -3.76. The number of furan rings is 1. The van der Waals surface area contributed by atoms with Gasteiger partial charge in [0.2, 0.25) is 10.0 Å². The molecule has 1 heterocycles. The monoisotopic (exact) mass is 446 g/mol. The standard InChI is InChI=1S/C22H23FN2O5S/c1-4-25(5-2)31(27,28)18-10-11-21(30-17-8-6-16(23)7-9-17)20(14-18)24-22(26)19-12-13-29-15(19)3/h6-14H,4-5H2,1-3H3,(H,24,26). The molecule has 0 spiro atoms. The number of nitrogens with zero attached hydrogens (tertiary/aromatic N) is 1. The second-order valence-corrected chi connectivity index (χ2v) is 8.59. The van der Waals surface area contributed by atoms with Crippen LogP contribution in [0.15, 0.2) is 64.1 Å². The first kappa shape index (κ1) is 22.5. The Morgan fingerprint density at radius 3 is 2.35 bits per heavy atom. The Morgan fingerprint density at radius 2 is 1.77 bits per heavy atom. The third kappa shape index (κ3) is 4.95. The fourth-order valence-electron chi connectivity index (χ4n) is 3.01. The highest BCUT2D eigenvalue weighted by atomic mass is 32.2. The maximum atomic E-state index is 13.2. The number of carbonyl (C=O) groups excluding carboxylic acids is 1. The van der Waals surface area contributed by atoms with Crippen molar-refractivity contribution in [2.24, 2.45) is 0 Å². The highest BCUT2D eigenvalue weighted by Gasteiger charge is 2.24. The Hall–Kier alpha value is -3.17. The predicted molar refractivity (Wildman–Crippen MR) is 114 cm³/mol. The molecular weight excluding hydrogens is 423 g/mol. The van der Waals surface area contributed by atoms with Gasteiger partial charge in [-0.15, -0.1) is 0 Å². The van der Waals surface area contributed by atoms with Gasteiger partial charge in [-0.2, -0.15) is 4.31 Å². The number of rotatable bonds is 8. The number of carbonyl (C=O) groups is 1. The lowest BCUT2D eigenvalue weighted by atomic mass is 10.2. The van der Waals surface area contributed by atoms with Crippen LogP contribution in [0.2, 0.25) is 0 Å². The van der Waals surface area contributed by atoms with Gasteiger partial charge in [0.25, 0.3) is 5.91 Å². The number of benzene rings is 2. The van der Waals surface area contributed by atoms with Gasteiger partial charge in [-0.3, -0.25) is 4.79 Å². The lowest BCUT2D eigenvalue weighted by Crippen LogP contribution is -2.30. The van der Waals surface area contributed by atoms with Crippen LogP contribution in [-0.2, 0) is 10.0 Å². The van der Waals surface area contributed by atoms with Crippen LogP contribution in [0, 0.1) is 12.7 Å². The summed E-state index contributed by atoms with van der Waals surface area (Å²) in [5, 5.41) is 2.69. The fraction of sp³-hybridized carbons (Fsp3) is 0.227. The largest absolute Gasteiger partial charge is 0.469 e. The first-order valence-corrected chi connectivity index (χ1v) is 11.1. The van der Waals surface area contributed by atoms with Gasteiger partial charge in [-0.25, -0.2) is 12.8 Å². The molecule has 1 amide bonds. The van der Waals surface area contributed by atoms with Gasteiger partial charge in [-0.1, -0.05) is 13.8 Å². The van der Waals surface area contributed by atoms with Gasteiger partial charge in [0, 0.05) is 13.1 Å². The lowest BCUT2D eigenvalue weighted by Gasteiger charge is -2.20. The topological polar surface area (TPSA) is 88.9 Å². The van der Waals surface area contributed by atoms with Crippen LogP contribution in [-0.4, -0.2) is 31.7 Å². The number of aryl methyl sites for hydroxylation is 1. The Bertz CT molecular complexity index is 1170. The summed E-state index contributed by atoms with van der Waals surface area (Å²) in [6.45, 7) is 5.76. The van der Waals surface area contributed by atoms with Crippen molar-refractivity contribution in [1.29, 1.82) is 0 Å². The van der Waals surface area contributed by atoms with Gasteiger partial charge in [-0.05, 0) is 55.5 Å². The van der Waals surface area contributed by atoms with E-state index in [1.807, 2.05) is 0 Å². The van der Waals surface area contributed by atoms with Crippen molar-refractivity contribution < 1.29 is 26.8 Å². The van der Waals surface area contributed by atoms with Gasteiger partial charge in [0.05, 0.1) is 22.4 Å². The Morgan fingerprint density at radius 1 is 1.10 bits per heavy atom. The Labute approximate surface area is 180 Å². The second-order valence-electron chi connectivity index (χ2n) is 6.65. The number of amides is 1. The van der Waals surface area contributed by atoms with Crippen LogP contribution in [0.3, 0.4) is 0 Å². The number of halogens is 1. The summed E-state index contributed by atoms with van der Waals surface area (Å²) < 4.78 is 51.3. The number of nitrogens with one attached hydrogen (secondary N) is 1. The molecule has 0 radical (unpaired) electrons. The van der Waals surface area contributed by atoms with Crippen molar-refractivity contribution in [2.75, 3.05) is 18.4 Å². The van der Waals surface area contributed by atoms with E-state index in [1.54, 1.807) is 20.8 Å². The van der Waals surface area contributed by atoms with Crippen LogP contribution in [0.1, 0.15) is 30.0 Å². The van der Waals surface area contributed by atoms with E-state index < -0.39 is 21.7 Å². The van der Waals surface area contributed by atoms with Crippen molar-refractivity contribution in [3.63, 3.8) is 0 Å². The maximum Gasteiger partial charge on any atom is 0.259 e. The molecule has 0 atom stereocenters. The smallest absolute Gasteiger partial charge is 0.259 e. The highest BCUT2D eigenvalue weighted by Crippen LogP contribution is 2.33. The van der Waals surface area contributed by atoms with E-state index in [0.29, 0.717) is 30.2 Å². The van der Waals surface area contributed by atoms with E-state index in [2.05, 4.69) is 5.32 Å². The van der Waals surface area contributed by atoms with Crippen LogP contribution < -0.4 is 10.1 Å². The first-order valence-electron chi connectivity index (χ1n) is 9.69. The summed E-state index contributed by atoms with van der Waals surface area (Å²) in [4.78, 5) is 12.7. The number of anilines is 1.